The van der Waals surface area contributed by atoms with Gasteiger partial charge in [0.05, 0.1) is 17.5 Å². The van der Waals surface area contributed by atoms with Crippen molar-refractivity contribution in [2.75, 3.05) is 6.26 Å². The normalized spacial score (nSPS) is 11.4. The minimum absolute atomic E-state index is 0.279. The molecule has 1 aromatic heterocycles. The standard InChI is InChI=1S/C11H9FN2O3S/c1-18(16,17)10-3-2-7(4-9(10)12)11-8(6-15)5-13-14-11/h2-6H,1H3,(H,13,14). The number of aromatic amines is 1. The van der Waals surface area contributed by atoms with E-state index in [-0.39, 0.29) is 10.5 Å². The van der Waals surface area contributed by atoms with Gasteiger partial charge in [-0.3, -0.25) is 9.89 Å². The van der Waals surface area contributed by atoms with Crippen LogP contribution >= 0.6 is 0 Å². The molecule has 0 amide bonds. The number of carbonyl (C=O) groups is 1. The Hall–Kier alpha value is -2.02. The van der Waals surface area contributed by atoms with E-state index < -0.39 is 15.7 Å². The highest BCUT2D eigenvalue weighted by molar-refractivity contribution is 7.90. The number of H-pyrrole nitrogens is 1. The van der Waals surface area contributed by atoms with Gasteiger partial charge in [0, 0.05) is 11.8 Å². The third-order valence-corrected chi connectivity index (χ3v) is 3.55. The number of sulfone groups is 1. The molecule has 2 aromatic rings. The van der Waals surface area contributed by atoms with Crippen LogP contribution < -0.4 is 0 Å². The van der Waals surface area contributed by atoms with Crippen molar-refractivity contribution in [2.24, 2.45) is 0 Å². The van der Waals surface area contributed by atoms with E-state index in [9.17, 15) is 17.6 Å². The monoisotopic (exact) mass is 268 g/mol. The molecule has 0 aliphatic carbocycles. The number of hydrogen-bond donors (Lipinski definition) is 1. The summed E-state index contributed by atoms with van der Waals surface area (Å²) < 4.78 is 36.2. The van der Waals surface area contributed by atoms with Gasteiger partial charge in [-0.1, -0.05) is 6.07 Å². The minimum Gasteiger partial charge on any atom is -0.298 e. The van der Waals surface area contributed by atoms with Crippen molar-refractivity contribution in [3.63, 3.8) is 0 Å². The third-order valence-electron chi connectivity index (χ3n) is 2.42. The highest BCUT2D eigenvalue weighted by Gasteiger charge is 2.15. The summed E-state index contributed by atoms with van der Waals surface area (Å²) in [6, 6.07) is 3.63. The predicted octanol–water partition coefficient (Wildman–Crippen LogP) is 1.43. The summed E-state index contributed by atoms with van der Waals surface area (Å²) in [5.74, 6) is -0.860. The molecule has 1 heterocycles. The Kier molecular flexibility index (Phi) is 3.00. The second-order valence-corrected chi connectivity index (χ2v) is 5.72. The van der Waals surface area contributed by atoms with Gasteiger partial charge in [-0.25, -0.2) is 12.8 Å². The van der Waals surface area contributed by atoms with Gasteiger partial charge in [-0.2, -0.15) is 5.10 Å². The van der Waals surface area contributed by atoms with Crippen LogP contribution in [0.4, 0.5) is 4.39 Å². The summed E-state index contributed by atoms with van der Waals surface area (Å²) in [6.45, 7) is 0. The van der Waals surface area contributed by atoms with Gasteiger partial charge in [0.25, 0.3) is 0 Å². The number of nitrogens with zero attached hydrogens (tertiary/aromatic N) is 1. The van der Waals surface area contributed by atoms with Gasteiger partial charge in [0.1, 0.15) is 10.7 Å². The average molecular weight is 268 g/mol. The molecular formula is C11H9FN2O3S. The summed E-state index contributed by atoms with van der Waals surface area (Å²) >= 11 is 0. The van der Waals surface area contributed by atoms with Gasteiger partial charge >= 0.3 is 0 Å². The van der Waals surface area contributed by atoms with E-state index in [0.717, 1.165) is 18.4 Å². The van der Waals surface area contributed by atoms with E-state index in [4.69, 9.17) is 0 Å². The maximum absolute atomic E-state index is 13.7. The van der Waals surface area contributed by atoms with Crippen LogP contribution in [-0.2, 0) is 9.84 Å². The molecule has 0 aliphatic rings. The number of halogens is 1. The van der Waals surface area contributed by atoms with E-state index in [1.165, 1.54) is 12.3 Å². The Morgan fingerprint density at radius 2 is 2.11 bits per heavy atom. The topological polar surface area (TPSA) is 79.9 Å². The Morgan fingerprint density at radius 1 is 1.39 bits per heavy atom. The molecule has 0 unspecified atom stereocenters. The molecule has 0 saturated carbocycles. The molecule has 0 saturated heterocycles. The van der Waals surface area contributed by atoms with E-state index in [1.54, 1.807) is 0 Å². The zero-order valence-electron chi connectivity index (χ0n) is 9.34. The number of rotatable bonds is 3. The number of aromatic nitrogens is 2. The van der Waals surface area contributed by atoms with Crippen LogP contribution in [-0.4, -0.2) is 31.2 Å². The molecule has 0 atom stereocenters. The SMILES string of the molecule is CS(=O)(=O)c1ccc(-c2[nH]ncc2C=O)cc1F. The van der Waals surface area contributed by atoms with Gasteiger partial charge in [0.2, 0.25) is 0 Å². The number of benzene rings is 1. The minimum atomic E-state index is -3.61. The van der Waals surface area contributed by atoms with Crippen LogP contribution in [0.5, 0.6) is 0 Å². The molecule has 0 aliphatic heterocycles. The average Bonchev–Trinajstić information content (AvgIpc) is 2.74. The molecule has 0 fully saturated rings. The largest absolute Gasteiger partial charge is 0.298 e. The molecule has 0 radical (unpaired) electrons. The molecule has 2 rings (SSSR count). The second-order valence-electron chi connectivity index (χ2n) is 3.74. The van der Waals surface area contributed by atoms with Crippen LogP contribution in [0.15, 0.2) is 29.3 Å². The summed E-state index contributed by atoms with van der Waals surface area (Å²) in [5.41, 5.74) is 0.991. The summed E-state index contributed by atoms with van der Waals surface area (Å²) in [6.07, 6.45) is 2.82. The van der Waals surface area contributed by atoms with Crippen molar-refractivity contribution in [1.29, 1.82) is 0 Å². The molecular weight excluding hydrogens is 259 g/mol. The number of hydrogen-bond acceptors (Lipinski definition) is 4. The van der Waals surface area contributed by atoms with Gasteiger partial charge in [0.15, 0.2) is 16.1 Å². The molecule has 5 nitrogen and oxygen atoms in total. The number of aldehydes is 1. The lowest BCUT2D eigenvalue weighted by Gasteiger charge is -2.03. The lowest BCUT2D eigenvalue weighted by atomic mass is 10.1. The first-order valence-electron chi connectivity index (χ1n) is 4.92. The summed E-state index contributed by atoms with van der Waals surface area (Å²) in [5, 5.41) is 6.23. The Labute approximate surface area is 103 Å². The molecule has 1 aromatic carbocycles. The number of carbonyl (C=O) groups excluding carboxylic acids is 1. The molecule has 94 valence electrons. The van der Waals surface area contributed by atoms with Crippen LogP contribution in [0, 0.1) is 5.82 Å². The third kappa shape index (κ3) is 2.17. The molecule has 7 heteroatoms. The quantitative estimate of drug-likeness (QED) is 0.854. The van der Waals surface area contributed by atoms with Crippen molar-refractivity contribution in [3.05, 3.63) is 35.8 Å². The maximum Gasteiger partial charge on any atom is 0.178 e. The van der Waals surface area contributed by atoms with Gasteiger partial charge < -0.3 is 0 Å². The fourth-order valence-corrected chi connectivity index (χ4v) is 2.30. The fourth-order valence-electron chi connectivity index (χ4n) is 1.57. The highest BCUT2D eigenvalue weighted by atomic mass is 32.2. The smallest absolute Gasteiger partial charge is 0.178 e. The predicted molar refractivity (Wildman–Crippen MR) is 62.5 cm³/mol. The first-order chi connectivity index (χ1) is 8.43. The van der Waals surface area contributed by atoms with Crippen LogP contribution in [0.25, 0.3) is 11.3 Å². The maximum atomic E-state index is 13.7. The first kappa shape index (κ1) is 12.4. The molecule has 0 bridgehead atoms. The zero-order chi connectivity index (χ0) is 13.3. The van der Waals surface area contributed by atoms with Crippen molar-refractivity contribution in [2.45, 2.75) is 4.90 Å². The molecule has 0 spiro atoms. The highest BCUT2D eigenvalue weighted by Crippen LogP contribution is 2.24. The van der Waals surface area contributed by atoms with E-state index in [1.807, 2.05) is 0 Å². The molecule has 1 N–H and O–H groups in total. The van der Waals surface area contributed by atoms with Crippen molar-refractivity contribution < 1.29 is 17.6 Å². The number of nitrogens with one attached hydrogen (secondary N) is 1. The summed E-state index contributed by atoms with van der Waals surface area (Å²) in [7, 11) is -3.61. The van der Waals surface area contributed by atoms with Gasteiger partial charge in [-0.05, 0) is 12.1 Å². The lowest BCUT2D eigenvalue weighted by Crippen LogP contribution is -2.01. The van der Waals surface area contributed by atoms with E-state index in [2.05, 4.69) is 10.2 Å². The van der Waals surface area contributed by atoms with Crippen molar-refractivity contribution in [3.8, 4) is 11.3 Å². The Morgan fingerprint density at radius 3 is 2.67 bits per heavy atom. The lowest BCUT2D eigenvalue weighted by molar-refractivity contribution is 0.112. The summed E-state index contributed by atoms with van der Waals surface area (Å²) in [4.78, 5) is 10.3. The van der Waals surface area contributed by atoms with E-state index >= 15 is 0 Å². The first-order valence-corrected chi connectivity index (χ1v) is 6.81. The second kappa shape index (κ2) is 4.34. The van der Waals surface area contributed by atoms with Crippen LogP contribution in [0.2, 0.25) is 0 Å². The Balaban J connectivity index is 2.57. The van der Waals surface area contributed by atoms with Crippen LogP contribution in [0.3, 0.4) is 0 Å². The Bertz CT molecular complexity index is 707. The van der Waals surface area contributed by atoms with Crippen molar-refractivity contribution >= 4 is 16.1 Å². The van der Waals surface area contributed by atoms with E-state index in [0.29, 0.717) is 17.5 Å². The van der Waals surface area contributed by atoms with Crippen LogP contribution in [0.1, 0.15) is 10.4 Å². The molecule has 18 heavy (non-hydrogen) atoms. The zero-order valence-corrected chi connectivity index (χ0v) is 10.2. The fraction of sp³-hybridized carbons (Fsp3) is 0.0909. The van der Waals surface area contributed by atoms with Crippen molar-refractivity contribution in [1.82, 2.24) is 10.2 Å². The van der Waals surface area contributed by atoms with Gasteiger partial charge in [-0.15, -0.1) is 0 Å².